The van der Waals surface area contributed by atoms with Gasteiger partial charge in [0.25, 0.3) is 10.0 Å². The summed E-state index contributed by atoms with van der Waals surface area (Å²) in [6, 6.07) is 19.6. The molecule has 3 aromatic rings. The zero-order valence-electron chi connectivity index (χ0n) is 24.1. The molecule has 0 heterocycles. The third-order valence-corrected chi connectivity index (χ3v) is 8.89. The van der Waals surface area contributed by atoms with Crippen LogP contribution in [0.3, 0.4) is 0 Å². The van der Waals surface area contributed by atoms with E-state index in [0.717, 1.165) is 19.9 Å². The lowest BCUT2D eigenvalue weighted by atomic mass is 10.1. The highest BCUT2D eigenvalue weighted by Gasteiger charge is 2.32. The quantitative estimate of drug-likeness (QED) is 0.264. The first-order chi connectivity index (χ1) is 19.4. The Morgan fingerprint density at radius 2 is 1.59 bits per heavy atom. The highest BCUT2D eigenvalue weighted by molar-refractivity contribution is 9.10. The molecular formula is C31H38BrN3O5S. The summed E-state index contributed by atoms with van der Waals surface area (Å²) in [5.74, 6) is 0.0112. The molecule has 0 saturated heterocycles. The molecule has 3 rings (SSSR count). The summed E-state index contributed by atoms with van der Waals surface area (Å²) in [4.78, 5) is 28.6. The Balaban J connectivity index is 2.03. The monoisotopic (exact) mass is 643 g/mol. The van der Waals surface area contributed by atoms with E-state index in [0.29, 0.717) is 24.6 Å². The number of benzene rings is 3. The summed E-state index contributed by atoms with van der Waals surface area (Å²) in [5, 5.41) is 2.90. The SMILES string of the molecule is CCOc1ccc(N(CC(=O)N(Cc2ccccc2C)[C@@H](C)C(=O)NCC(C)C)S(=O)(=O)c2ccc(Br)cc2)cc1. The van der Waals surface area contributed by atoms with Gasteiger partial charge in [0.1, 0.15) is 18.3 Å². The van der Waals surface area contributed by atoms with E-state index in [1.807, 2.05) is 52.0 Å². The molecule has 1 N–H and O–H groups in total. The topological polar surface area (TPSA) is 96.0 Å². The average Bonchev–Trinajstić information content (AvgIpc) is 2.94. The number of nitrogens with zero attached hydrogens (tertiary/aromatic N) is 2. The Hall–Kier alpha value is -3.37. The molecule has 0 aromatic heterocycles. The Labute approximate surface area is 251 Å². The summed E-state index contributed by atoms with van der Waals surface area (Å²) in [5.41, 5.74) is 2.14. The van der Waals surface area contributed by atoms with E-state index in [-0.39, 0.29) is 23.3 Å². The number of nitrogens with one attached hydrogen (secondary N) is 1. The molecule has 1 atom stereocenters. The van der Waals surface area contributed by atoms with E-state index in [1.54, 1.807) is 43.3 Å². The van der Waals surface area contributed by atoms with Crippen molar-refractivity contribution in [1.82, 2.24) is 10.2 Å². The summed E-state index contributed by atoms with van der Waals surface area (Å²) < 4.78 is 35.2. The lowest BCUT2D eigenvalue weighted by Gasteiger charge is -2.32. The van der Waals surface area contributed by atoms with Crippen LogP contribution in [0.5, 0.6) is 5.75 Å². The highest BCUT2D eigenvalue weighted by Crippen LogP contribution is 2.27. The summed E-state index contributed by atoms with van der Waals surface area (Å²) >= 11 is 3.34. The molecule has 0 aliphatic carbocycles. The number of hydrogen-bond donors (Lipinski definition) is 1. The first-order valence-electron chi connectivity index (χ1n) is 13.6. The maximum atomic E-state index is 14.0. The van der Waals surface area contributed by atoms with E-state index in [4.69, 9.17) is 4.74 Å². The van der Waals surface area contributed by atoms with Crippen LogP contribution >= 0.6 is 15.9 Å². The van der Waals surface area contributed by atoms with E-state index in [2.05, 4.69) is 21.2 Å². The number of anilines is 1. The molecule has 3 aromatic carbocycles. The fourth-order valence-corrected chi connectivity index (χ4v) is 5.82. The minimum atomic E-state index is -4.15. The molecule has 0 bridgehead atoms. The van der Waals surface area contributed by atoms with Crippen molar-refractivity contribution in [2.75, 3.05) is 24.0 Å². The van der Waals surface area contributed by atoms with Crippen LogP contribution in [0, 0.1) is 12.8 Å². The second-order valence-electron chi connectivity index (χ2n) is 10.2. The molecule has 2 amide bonds. The van der Waals surface area contributed by atoms with Crippen molar-refractivity contribution >= 4 is 43.5 Å². The van der Waals surface area contributed by atoms with Crippen molar-refractivity contribution in [3.05, 3.63) is 88.4 Å². The van der Waals surface area contributed by atoms with Gasteiger partial charge in [-0.1, -0.05) is 54.0 Å². The largest absolute Gasteiger partial charge is 0.494 e. The van der Waals surface area contributed by atoms with Crippen LogP contribution in [0.25, 0.3) is 0 Å². The number of amides is 2. The minimum absolute atomic E-state index is 0.0376. The van der Waals surface area contributed by atoms with E-state index >= 15 is 0 Å². The van der Waals surface area contributed by atoms with Crippen molar-refractivity contribution in [1.29, 1.82) is 0 Å². The first kappa shape index (κ1) is 32.1. The Kier molecular flexibility index (Phi) is 11.4. The zero-order valence-corrected chi connectivity index (χ0v) is 26.5. The summed E-state index contributed by atoms with van der Waals surface area (Å²) in [6.07, 6.45) is 0. The van der Waals surface area contributed by atoms with Gasteiger partial charge in [-0.05, 0) is 86.3 Å². The molecule has 0 aliphatic heterocycles. The van der Waals surface area contributed by atoms with Gasteiger partial charge in [-0.25, -0.2) is 8.42 Å². The highest BCUT2D eigenvalue weighted by atomic mass is 79.9. The summed E-state index contributed by atoms with van der Waals surface area (Å²) in [6.45, 7) is 10.0. The molecule has 0 radical (unpaired) electrons. The second-order valence-corrected chi connectivity index (χ2v) is 12.9. The molecular weight excluding hydrogens is 606 g/mol. The van der Waals surface area contributed by atoms with Gasteiger partial charge < -0.3 is 15.0 Å². The lowest BCUT2D eigenvalue weighted by Crippen LogP contribution is -2.51. The van der Waals surface area contributed by atoms with Crippen LogP contribution in [0.15, 0.2) is 82.2 Å². The van der Waals surface area contributed by atoms with Crippen LogP contribution in [-0.2, 0) is 26.2 Å². The molecule has 220 valence electrons. The van der Waals surface area contributed by atoms with Crippen molar-refractivity contribution in [2.24, 2.45) is 5.92 Å². The van der Waals surface area contributed by atoms with Crippen LogP contribution in [0.2, 0.25) is 0 Å². The van der Waals surface area contributed by atoms with Crippen molar-refractivity contribution in [2.45, 2.75) is 52.1 Å². The predicted molar refractivity (Wildman–Crippen MR) is 165 cm³/mol. The van der Waals surface area contributed by atoms with Crippen molar-refractivity contribution in [3.8, 4) is 5.75 Å². The number of carbonyl (C=O) groups is 2. The Bertz CT molecular complexity index is 1430. The Morgan fingerprint density at radius 1 is 0.951 bits per heavy atom. The Morgan fingerprint density at radius 3 is 2.17 bits per heavy atom. The van der Waals surface area contributed by atoms with Crippen LogP contribution in [0.1, 0.15) is 38.8 Å². The molecule has 0 fully saturated rings. The fourth-order valence-electron chi connectivity index (χ4n) is 4.14. The second kappa shape index (κ2) is 14.5. The van der Waals surface area contributed by atoms with Gasteiger partial charge in [0.05, 0.1) is 17.2 Å². The third-order valence-electron chi connectivity index (χ3n) is 6.57. The molecule has 41 heavy (non-hydrogen) atoms. The van der Waals surface area contributed by atoms with E-state index in [9.17, 15) is 18.0 Å². The predicted octanol–water partition coefficient (Wildman–Crippen LogP) is 5.54. The van der Waals surface area contributed by atoms with E-state index in [1.165, 1.54) is 17.0 Å². The van der Waals surface area contributed by atoms with Crippen LogP contribution < -0.4 is 14.4 Å². The van der Waals surface area contributed by atoms with Gasteiger partial charge in [0, 0.05) is 17.6 Å². The maximum absolute atomic E-state index is 14.0. The molecule has 0 aliphatic rings. The van der Waals surface area contributed by atoms with Crippen molar-refractivity contribution in [3.63, 3.8) is 0 Å². The third kappa shape index (κ3) is 8.56. The van der Waals surface area contributed by atoms with Gasteiger partial charge in [0.2, 0.25) is 11.8 Å². The van der Waals surface area contributed by atoms with Crippen LogP contribution in [-0.4, -0.2) is 50.9 Å². The zero-order chi connectivity index (χ0) is 30.2. The number of carbonyl (C=O) groups excluding carboxylic acids is 2. The molecule has 0 spiro atoms. The maximum Gasteiger partial charge on any atom is 0.264 e. The van der Waals surface area contributed by atoms with Gasteiger partial charge in [0.15, 0.2) is 0 Å². The standard InChI is InChI=1S/C31H38BrN3O5S/c1-6-40-28-15-13-27(14-16-28)35(41(38,39)29-17-11-26(32)12-18-29)21-30(36)34(20-25-10-8-7-9-23(25)4)24(5)31(37)33-19-22(2)3/h7-18,22,24H,6,19-21H2,1-5H3,(H,33,37)/t24-/m0/s1. The van der Waals surface area contributed by atoms with Crippen LogP contribution in [0.4, 0.5) is 5.69 Å². The van der Waals surface area contributed by atoms with Gasteiger partial charge in [-0.3, -0.25) is 13.9 Å². The lowest BCUT2D eigenvalue weighted by molar-refractivity contribution is -0.139. The molecule has 10 heteroatoms. The first-order valence-corrected chi connectivity index (χ1v) is 15.8. The summed E-state index contributed by atoms with van der Waals surface area (Å²) in [7, 11) is -4.15. The van der Waals surface area contributed by atoms with Gasteiger partial charge >= 0.3 is 0 Å². The van der Waals surface area contributed by atoms with Crippen molar-refractivity contribution < 1.29 is 22.7 Å². The normalized spacial score (nSPS) is 12.1. The minimum Gasteiger partial charge on any atom is -0.494 e. The molecule has 8 nitrogen and oxygen atoms in total. The number of hydrogen-bond acceptors (Lipinski definition) is 5. The number of sulfonamides is 1. The number of aryl methyl sites for hydroxylation is 1. The number of halogens is 1. The van der Waals surface area contributed by atoms with E-state index < -0.39 is 28.5 Å². The molecule has 0 saturated carbocycles. The smallest absolute Gasteiger partial charge is 0.264 e. The van der Waals surface area contributed by atoms with Gasteiger partial charge in [-0.15, -0.1) is 0 Å². The number of rotatable bonds is 13. The van der Waals surface area contributed by atoms with Gasteiger partial charge in [-0.2, -0.15) is 0 Å². The average molecular weight is 645 g/mol. The fraction of sp³-hybridized carbons (Fsp3) is 0.355. The number of ether oxygens (including phenoxy) is 1. The molecule has 0 unspecified atom stereocenters.